The zero-order valence-electron chi connectivity index (χ0n) is 18.7. The summed E-state index contributed by atoms with van der Waals surface area (Å²) < 4.78 is 18.4. The SMILES string of the molecule is C=NOC(=O)N(CC(=N)C(=N)C(C)C)c1ccc(F)c(Br)c1.CCC(=O)OC(C)(C)C. The van der Waals surface area contributed by atoms with E-state index in [1.165, 1.54) is 18.2 Å². The number of hydrogen-bond acceptors (Lipinski definition) is 7. The third kappa shape index (κ3) is 10.8. The maximum absolute atomic E-state index is 13.3. The minimum absolute atomic E-state index is 0.0449. The van der Waals surface area contributed by atoms with Crippen LogP contribution in [0.25, 0.3) is 0 Å². The molecule has 31 heavy (non-hydrogen) atoms. The van der Waals surface area contributed by atoms with Crippen molar-refractivity contribution in [2.75, 3.05) is 11.4 Å². The predicted octanol–water partition coefficient (Wildman–Crippen LogP) is 5.58. The minimum Gasteiger partial charge on any atom is -0.460 e. The molecule has 0 unspecified atom stereocenters. The highest BCUT2D eigenvalue weighted by Crippen LogP contribution is 2.24. The molecular formula is C21H30BrFN4O4. The van der Waals surface area contributed by atoms with Crippen LogP contribution in [0.1, 0.15) is 48.0 Å². The van der Waals surface area contributed by atoms with Gasteiger partial charge in [0.2, 0.25) is 0 Å². The van der Waals surface area contributed by atoms with Crippen LogP contribution in [0.4, 0.5) is 14.9 Å². The summed E-state index contributed by atoms with van der Waals surface area (Å²) in [5, 5.41) is 18.8. The van der Waals surface area contributed by atoms with Crippen molar-refractivity contribution in [3.05, 3.63) is 28.5 Å². The summed E-state index contributed by atoms with van der Waals surface area (Å²) >= 11 is 3.04. The Bertz CT molecular complexity index is 822. The van der Waals surface area contributed by atoms with Crippen molar-refractivity contribution in [1.82, 2.24) is 0 Å². The molecular weight excluding hydrogens is 471 g/mol. The summed E-state index contributed by atoms with van der Waals surface area (Å²) in [5.41, 5.74) is 0.0397. The molecule has 0 aliphatic carbocycles. The molecule has 1 rings (SSSR count). The molecule has 1 aromatic rings. The van der Waals surface area contributed by atoms with E-state index in [0.717, 1.165) is 4.90 Å². The highest BCUT2D eigenvalue weighted by molar-refractivity contribution is 9.10. The fourth-order valence-corrected chi connectivity index (χ4v) is 2.39. The van der Waals surface area contributed by atoms with E-state index in [1.807, 2.05) is 20.8 Å². The van der Waals surface area contributed by atoms with Crippen molar-refractivity contribution in [1.29, 1.82) is 10.8 Å². The van der Waals surface area contributed by atoms with Crippen LogP contribution in [-0.4, -0.2) is 42.3 Å². The molecule has 0 fully saturated rings. The number of amides is 1. The topological polar surface area (TPSA) is 116 Å². The summed E-state index contributed by atoms with van der Waals surface area (Å²) in [6.45, 7) is 13.8. The smallest absolute Gasteiger partial charge is 0.440 e. The molecule has 0 bridgehead atoms. The van der Waals surface area contributed by atoms with E-state index in [-0.39, 0.29) is 39.9 Å². The molecule has 10 heteroatoms. The van der Waals surface area contributed by atoms with Crippen molar-refractivity contribution in [3.63, 3.8) is 0 Å². The Balaban J connectivity index is 0.000000842. The molecule has 0 saturated carbocycles. The first-order valence-electron chi connectivity index (χ1n) is 9.51. The molecule has 0 aliphatic heterocycles. The van der Waals surface area contributed by atoms with Crippen LogP contribution in [0.15, 0.2) is 27.8 Å². The highest BCUT2D eigenvalue weighted by atomic mass is 79.9. The van der Waals surface area contributed by atoms with E-state index in [2.05, 4.69) is 32.6 Å². The Morgan fingerprint density at radius 1 is 1.29 bits per heavy atom. The van der Waals surface area contributed by atoms with Gasteiger partial charge in [0.15, 0.2) is 0 Å². The van der Waals surface area contributed by atoms with Crippen molar-refractivity contribution in [3.8, 4) is 0 Å². The van der Waals surface area contributed by atoms with Crippen LogP contribution in [0, 0.1) is 22.6 Å². The van der Waals surface area contributed by atoms with Crippen molar-refractivity contribution >= 4 is 51.8 Å². The highest BCUT2D eigenvalue weighted by Gasteiger charge is 2.22. The quantitative estimate of drug-likeness (QED) is 0.220. The average molecular weight is 501 g/mol. The van der Waals surface area contributed by atoms with Crippen LogP contribution in [0.3, 0.4) is 0 Å². The first kappa shape index (κ1) is 28.4. The van der Waals surface area contributed by atoms with Gasteiger partial charge in [0.05, 0.1) is 22.4 Å². The average Bonchev–Trinajstić information content (AvgIpc) is 2.66. The number of halogens is 2. The number of esters is 1. The maximum atomic E-state index is 13.3. The molecule has 8 nitrogen and oxygen atoms in total. The molecule has 2 N–H and O–H groups in total. The number of nitrogens with zero attached hydrogens (tertiary/aromatic N) is 2. The Kier molecular flexibility index (Phi) is 11.8. The first-order valence-corrected chi connectivity index (χ1v) is 10.3. The number of benzene rings is 1. The van der Waals surface area contributed by atoms with Gasteiger partial charge >= 0.3 is 12.1 Å². The monoisotopic (exact) mass is 500 g/mol. The summed E-state index contributed by atoms with van der Waals surface area (Å²) in [7, 11) is 0. The molecule has 1 amide bonds. The van der Waals surface area contributed by atoms with E-state index in [9.17, 15) is 14.0 Å². The van der Waals surface area contributed by atoms with Gasteiger partial charge in [0.1, 0.15) is 11.4 Å². The van der Waals surface area contributed by atoms with Crippen molar-refractivity contribution in [2.45, 2.75) is 53.6 Å². The molecule has 1 aromatic carbocycles. The minimum atomic E-state index is -0.866. The zero-order chi connectivity index (χ0) is 24.4. The Morgan fingerprint density at radius 2 is 1.87 bits per heavy atom. The predicted molar refractivity (Wildman–Crippen MR) is 124 cm³/mol. The van der Waals surface area contributed by atoms with Crippen LogP contribution >= 0.6 is 15.9 Å². The molecule has 0 aromatic heterocycles. The summed E-state index contributed by atoms with van der Waals surface area (Å²) in [6, 6.07) is 3.93. The van der Waals surface area contributed by atoms with Gasteiger partial charge in [-0.15, -0.1) is 0 Å². The van der Waals surface area contributed by atoms with Gasteiger partial charge in [0, 0.05) is 18.8 Å². The first-order chi connectivity index (χ1) is 14.2. The lowest BCUT2D eigenvalue weighted by Gasteiger charge is -2.22. The van der Waals surface area contributed by atoms with E-state index in [1.54, 1.807) is 20.8 Å². The molecule has 0 spiro atoms. The number of rotatable bonds is 7. The van der Waals surface area contributed by atoms with Crippen molar-refractivity contribution < 1.29 is 23.6 Å². The number of anilines is 1. The third-order valence-corrected chi connectivity index (χ3v) is 4.11. The third-order valence-electron chi connectivity index (χ3n) is 3.51. The zero-order valence-corrected chi connectivity index (χ0v) is 20.3. The van der Waals surface area contributed by atoms with E-state index in [0.29, 0.717) is 12.1 Å². The van der Waals surface area contributed by atoms with Gasteiger partial charge < -0.3 is 15.6 Å². The van der Waals surface area contributed by atoms with E-state index >= 15 is 0 Å². The van der Waals surface area contributed by atoms with Crippen LogP contribution < -0.4 is 4.90 Å². The number of carbonyl (C=O) groups is 2. The van der Waals surface area contributed by atoms with E-state index in [4.69, 9.17) is 15.6 Å². The van der Waals surface area contributed by atoms with Crippen LogP contribution in [-0.2, 0) is 14.4 Å². The standard InChI is InChI=1S/C14H16BrFN4O2.C7H14O2/c1-8(2)13(18)12(17)7-20(14(21)22-19-3)9-4-5-11(16)10(15)6-9;1-5-6(8)9-7(2,3)4/h4-6,8,17-18H,3,7H2,1-2H3;5H2,1-4H3. The van der Waals surface area contributed by atoms with Crippen molar-refractivity contribution in [2.24, 2.45) is 11.1 Å². The molecule has 0 atom stereocenters. The largest absolute Gasteiger partial charge is 0.460 e. The number of ether oxygens (including phenoxy) is 1. The summed E-state index contributed by atoms with van der Waals surface area (Å²) in [5.74, 6) is -0.769. The second-order valence-corrected chi connectivity index (χ2v) is 8.51. The lowest BCUT2D eigenvalue weighted by molar-refractivity contribution is -0.154. The fourth-order valence-electron chi connectivity index (χ4n) is 2.02. The number of carbonyl (C=O) groups excluding carboxylic acids is 2. The van der Waals surface area contributed by atoms with Gasteiger partial charge in [-0.25, -0.2) is 9.18 Å². The van der Waals surface area contributed by atoms with Gasteiger partial charge in [0.25, 0.3) is 0 Å². The number of nitrogens with one attached hydrogen (secondary N) is 2. The second-order valence-electron chi connectivity index (χ2n) is 7.66. The lowest BCUT2D eigenvalue weighted by Crippen LogP contribution is -2.38. The van der Waals surface area contributed by atoms with Crippen LogP contribution in [0.5, 0.6) is 0 Å². The van der Waals surface area contributed by atoms with E-state index < -0.39 is 11.9 Å². The summed E-state index contributed by atoms with van der Waals surface area (Å²) in [4.78, 5) is 28.1. The maximum Gasteiger partial charge on any atom is 0.440 e. The number of hydrogen-bond donors (Lipinski definition) is 2. The molecule has 172 valence electrons. The Labute approximate surface area is 190 Å². The van der Waals surface area contributed by atoms with Gasteiger partial charge in [-0.05, 0) is 60.8 Å². The molecule has 0 saturated heterocycles. The Morgan fingerprint density at radius 3 is 2.26 bits per heavy atom. The van der Waals surface area contributed by atoms with Gasteiger partial charge in [-0.3, -0.25) is 14.5 Å². The molecule has 0 heterocycles. The molecule has 0 radical (unpaired) electrons. The Hall–Kier alpha value is -2.62. The molecule has 0 aliphatic rings. The van der Waals surface area contributed by atoms with Crippen LogP contribution in [0.2, 0.25) is 0 Å². The summed E-state index contributed by atoms with van der Waals surface area (Å²) in [6.07, 6.45) is -0.410. The fraction of sp³-hybridized carbons (Fsp3) is 0.476. The lowest BCUT2D eigenvalue weighted by atomic mass is 10.0. The van der Waals surface area contributed by atoms with Gasteiger partial charge in [-0.2, -0.15) is 0 Å². The van der Waals surface area contributed by atoms with Gasteiger partial charge in [-0.1, -0.05) is 25.9 Å². The second kappa shape index (κ2) is 12.9. The normalized spacial score (nSPS) is 10.5. The number of oxime groups is 1.